The van der Waals surface area contributed by atoms with Crippen LogP contribution >= 0.6 is 34.9 Å². The first-order valence-corrected chi connectivity index (χ1v) is 11.1. The maximum atomic E-state index is 12.6. The average Bonchev–Trinajstić information content (AvgIpc) is 3.30. The molecule has 0 spiro atoms. The van der Waals surface area contributed by atoms with Gasteiger partial charge in [-0.15, -0.1) is 22.0 Å². The highest BCUT2D eigenvalue weighted by Crippen LogP contribution is 2.47. The van der Waals surface area contributed by atoms with Crippen LogP contribution in [0.5, 0.6) is 0 Å². The number of thioether (sulfide) groups is 2. The molecule has 2 saturated heterocycles. The lowest BCUT2D eigenvalue weighted by atomic mass is 10.2. The van der Waals surface area contributed by atoms with Gasteiger partial charge >= 0.3 is 0 Å². The quantitative estimate of drug-likeness (QED) is 0.607. The Hall–Kier alpha value is -1.58. The summed E-state index contributed by atoms with van der Waals surface area (Å²) in [5.74, 6) is 1.33. The third-order valence-electron chi connectivity index (χ3n) is 4.59. The normalized spacial score (nSPS) is 24.7. The van der Waals surface area contributed by atoms with Crippen molar-refractivity contribution in [2.45, 2.75) is 40.8 Å². The number of amides is 2. The number of carbonyl (C=O) groups excluding carboxylic acids is 2. The molecule has 6 nitrogen and oxygen atoms in total. The molecule has 9 heteroatoms. The van der Waals surface area contributed by atoms with Gasteiger partial charge in [-0.3, -0.25) is 14.9 Å². The summed E-state index contributed by atoms with van der Waals surface area (Å²) in [6, 6.07) is 9.72. The summed E-state index contributed by atoms with van der Waals surface area (Å²) < 4.78 is 0.812. The van der Waals surface area contributed by atoms with Crippen molar-refractivity contribution in [3.8, 4) is 0 Å². The molecule has 2 fully saturated rings. The molecule has 2 atom stereocenters. The number of rotatable bonds is 5. The molecule has 2 amide bonds. The summed E-state index contributed by atoms with van der Waals surface area (Å²) >= 11 is 4.64. The first kappa shape index (κ1) is 17.8. The fourth-order valence-corrected chi connectivity index (χ4v) is 6.38. The Bertz CT molecular complexity index is 828. The number of nitrogens with zero attached hydrogens (tertiary/aromatic N) is 3. The molecule has 2 aliphatic heterocycles. The number of anilines is 1. The van der Waals surface area contributed by atoms with Crippen molar-refractivity contribution in [1.29, 1.82) is 0 Å². The third-order valence-corrected chi connectivity index (χ3v) is 8.14. The molecule has 0 saturated carbocycles. The topological polar surface area (TPSA) is 75.2 Å². The lowest BCUT2D eigenvalue weighted by molar-refractivity contribution is -0.135. The second kappa shape index (κ2) is 7.21. The molecule has 136 valence electrons. The van der Waals surface area contributed by atoms with Crippen molar-refractivity contribution in [3.05, 3.63) is 35.9 Å². The zero-order valence-electron chi connectivity index (χ0n) is 14.2. The highest BCUT2D eigenvalue weighted by atomic mass is 32.2. The summed E-state index contributed by atoms with van der Waals surface area (Å²) in [6.07, 6.45) is 1.33. The van der Waals surface area contributed by atoms with Gasteiger partial charge in [0.05, 0.1) is 4.87 Å². The van der Waals surface area contributed by atoms with Crippen LogP contribution in [0.2, 0.25) is 0 Å². The number of aromatic nitrogens is 2. The predicted octanol–water partition coefficient (Wildman–Crippen LogP) is 3.22. The van der Waals surface area contributed by atoms with Gasteiger partial charge in [-0.05, 0) is 18.9 Å². The predicted molar refractivity (Wildman–Crippen MR) is 105 cm³/mol. The minimum Gasteiger partial charge on any atom is -0.315 e. The van der Waals surface area contributed by atoms with Gasteiger partial charge in [0.1, 0.15) is 6.04 Å². The standard InChI is InChI=1S/C17H18N4O2S3/c1-17-8-7-13(22)21(17)12(10-25-17)14(23)18-15-19-20-16(26-15)24-9-11-5-3-2-4-6-11/h2-6,12H,7-10H2,1H3,(H,18,19,23)/t12-,17-/m1/s1. The molecule has 1 N–H and O–H groups in total. The van der Waals surface area contributed by atoms with Gasteiger partial charge in [0, 0.05) is 17.9 Å². The summed E-state index contributed by atoms with van der Waals surface area (Å²) in [5, 5.41) is 11.5. The van der Waals surface area contributed by atoms with E-state index in [1.54, 1.807) is 28.4 Å². The molecule has 1 aromatic heterocycles. The van der Waals surface area contributed by atoms with Crippen LogP contribution in [-0.4, -0.2) is 43.6 Å². The number of carbonyl (C=O) groups is 2. The largest absolute Gasteiger partial charge is 0.315 e. The maximum Gasteiger partial charge on any atom is 0.249 e. The Kier molecular flexibility index (Phi) is 4.94. The van der Waals surface area contributed by atoms with E-state index in [-0.39, 0.29) is 16.7 Å². The zero-order chi connectivity index (χ0) is 18.1. The number of hydrogen-bond acceptors (Lipinski definition) is 7. The van der Waals surface area contributed by atoms with E-state index in [0.717, 1.165) is 16.5 Å². The van der Waals surface area contributed by atoms with E-state index in [4.69, 9.17) is 0 Å². The van der Waals surface area contributed by atoms with Gasteiger partial charge in [-0.2, -0.15) is 0 Å². The van der Waals surface area contributed by atoms with Crippen molar-refractivity contribution in [1.82, 2.24) is 15.1 Å². The van der Waals surface area contributed by atoms with Crippen LogP contribution in [-0.2, 0) is 15.3 Å². The molecule has 3 heterocycles. The summed E-state index contributed by atoms with van der Waals surface area (Å²) in [4.78, 5) is 26.3. The fraction of sp³-hybridized carbons (Fsp3) is 0.412. The second-order valence-corrected chi connectivity index (χ2v) is 10.1. The molecule has 0 aliphatic carbocycles. The van der Waals surface area contributed by atoms with E-state index in [1.807, 2.05) is 25.1 Å². The molecule has 4 rings (SSSR count). The number of hydrogen-bond donors (Lipinski definition) is 1. The van der Waals surface area contributed by atoms with E-state index >= 15 is 0 Å². The van der Waals surface area contributed by atoms with E-state index in [1.165, 1.54) is 16.9 Å². The number of nitrogens with one attached hydrogen (secondary N) is 1. The summed E-state index contributed by atoms with van der Waals surface area (Å²) in [6.45, 7) is 2.04. The van der Waals surface area contributed by atoms with Crippen molar-refractivity contribution >= 4 is 51.8 Å². The van der Waals surface area contributed by atoms with E-state index in [0.29, 0.717) is 17.3 Å². The highest BCUT2D eigenvalue weighted by molar-refractivity contribution is 8.01. The van der Waals surface area contributed by atoms with Crippen molar-refractivity contribution < 1.29 is 9.59 Å². The Balaban J connectivity index is 1.37. The molecular formula is C17H18N4O2S3. The number of fused-ring (bicyclic) bond motifs is 1. The van der Waals surface area contributed by atoms with Gasteiger partial charge in [0.15, 0.2) is 4.34 Å². The van der Waals surface area contributed by atoms with Crippen LogP contribution in [0.1, 0.15) is 25.3 Å². The molecule has 2 aromatic rings. The van der Waals surface area contributed by atoms with Gasteiger partial charge in [0.2, 0.25) is 16.9 Å². The molecule has 0 radical (unpaired) electrons. The van der Waals surface area contributed by atoms with E-state index in [9.17, 15) is 9.59 Å². The molecule has 26 heavy (non-hydrogen) atoms. The van der Waals surface area contributed by atoms with Crippen LogP contribution in [0.25, 0.3) is 0 Å². The van der Waals surface area contributed by atoms with Gasteiger partial charge < -0.3 is 4.90 Å². The minimum absolute atomic E-state index is 0.0639. The lowest BCUT2D eigenvalue weighted by Crippen LogP contribution is -2.48. The van der Waals surface area contributed by atoms with Crippen molar-refractivity contribution in [3.63, 3.8) is 0 Å². The van der Waals surface area contributed by atoms with E-state index < -0.39 is 6.04 Å². The Morgan fingerprint density at radius 1 is 1.38 bits per heavy atom. The van der Waals surface area contributed by atoms with Crippen LogP contribution in [0.15, 0.2) is 34.7 Å². The molecule has 2 aliphatic rings. The Labute approximate surface area is 164 Å². The van der Waals surface area contributed by atoms with Gasteiger partial charge in [-0.25, -0.2) is 0 Å². The molecule has 0 bridgehead atoms. The fourth-order valence-electron chi connectivity index (χ4n) is 3.24. The second-order valence-electron chi connectivity index (χ2n) is 6.40. The van der Waals surface area contributed by atoms with Gasteiger partial charge in [0.25, 0.3) is 0 Å². The van der Waals surface area contributed by atoms with Crippen LogP contribution in [0.4, 0.5) is 5.13 Å². The molecule has 0 unspecified atom stereocenters. The summed E-state index contributed by atoms with van der Waals surface area (Å²) in [7, 11) is 0. The number of benzene rings is 1. The SMILES string of the molecule is C[C@@]12CCC(=O)N1[C@@H](C(=O)Nc1nnc(SCc3ccccc3)s1)CS2. The third kappa shape index (κ3) is 3.47. The van der Waals surface area contributed by atoms with Crippen LogP contribution in [0.3, 0.4) is 0 Å². The zero-order valence-corrected chi connectivity index (χ0v) is 16.6. The first-order valence-electron chi connectivity index (χ1n) is 8.32. The average molecular weight is 407 g/mol. The molecular weight excluding hydrogens is 388 g/mol. The Morgan fingerprint density at radius 2 is 2.19 bits per heavy atom. The smallest absolute Gasteiger partial charge is 0.249 e. The van der Waals surface area contributed by atoms with Crippen molar-refractivity contribution in [2.75, 3.05) is 11.1 Å². The first-order chi connectivity index (χ1) is 12.5. The lowest BCUT2D eigenvalue weighted by Gasteiger charge is -2.29. The maximum absolute atomic E-state index is 12.6. The Morgan fingerprint density at radius 3 is 3.00 bits per heavy atom. The van der Waals surface area contributed by atoms with Crippen LogP contribution in [0, 0.1) is 0 Å². The van der Waals surface area contributed by atoms with E-state index in [2.05, 4.69) is 27.6 Å². The minimum atomic E-state index is -0.427. The van der Waals surface area contributed by atoms with Gasteiger partial charge in [-0.1, -0.05) is 53.4 Å². The monoisotopic (exact) mass is 406 g/mol. The molecule has 1 aromatic carbocycles. The van der Waals surface area contributed by atoms with Crippen LogP contribution < -0.4 is 5.32 Å². The van der Waals surface area contributed by atoms with Crippen molar-refractivity contribution in [2.24, 2.45) is 0 Å². The summed E-state index contributed by atoms with van der Waals surface area (Å²) in [5.41, 5.74) is 1.22. The highest BCUT2D eigenvalue weighted by Gasteiger charge is 2.52.